The van der Waals surface area contributed by atoms with Crippen molar-refractivity contribution >= 4 is 28.9 Å². The van der Waals surface area contributed by atoms with Gasteiger partial charge in [0, 0.05) is 38.5 Å². The van der Waals surface area contributed by atoms with Crippen LogP contribution in [0.25, 0.3) is 22.3 Å². The van der Waals surface area contributed by atoms with Crippen molar-refractivity contribution in [1.29, 1.82) is 0 Å². The molecule has 13 nitrogen and oxygen atoms in total. The predicted octanol–water partition coefficient (Wildman–Crippen LogP) is 3.28. The van der Waals surface area contributed by atoms with Gasteiger partial charge in [0.1, 0.15) is 34.3 Å². The number of carbonyl (C=O) groups is 3. The molecule has 0 aliphatic carbocycles. The highest BCUT2D eigenvalue weighted by Crippen LogP contribution is 2.38. The quantitative estimate of drug-likeness (QED) is 0.258. The van der Waals surface area contributed by atoms with Crippen LogP contribution in [-0.4, -0.2) is 63.9 Å². The van der Waals surface area contributed by atoms with E-state index in [0.29, 0.717) is 12.8 Å². The maximum absolute atomic E-state index is 13.8. The van der Waals surface area contributed by atoms with Crippen LogP contribution in [0.1, 0.15) is 40.5 Å². The lowest BCUT2D eigenvalue weighted by atomic mass is 9.95. The molecule has 4 rings (SSSR count). The highest BCUT2D eigenvalue weighted by atomic mass is 16.7. The first-order chi connectivity index (χ1) is 19.9. The summed E-state index contributed by atoms with van der Waals surface area (Å²) in [5.41, 5.74) is -0.797. The summed E-state index contributed by atoms with van der Waals surface area (Å²) in [5, 5.41) is 29.9. The Morgan fingerprint density at radius 2 is 1.43 bits per heavy atom. The number of hydrogen-bond acceptors (Lipinski definition) is 13. The SMILES string of the molecule is CCC[C@@H]1OC(Oc2c(-c3ccc(O)cc3)oc3cc(O)cc(O)c3c2=O)[C@H](OC(C)=O)[C@H](OC(C)=O)[C@H]1OC(C)=O. The maximum atomic E-state index is 13.8. The van der Waals surface area contributed by atoms with Gasteiger partial charge in [0.15, 0.2) is 18.0 Å². The van der Waals surface area contributed by atoms with Crippen LogP contribution in [0, 0.1) is 0 Å². The Hall–Kier alpha value is -4.78. The predicted molar refractivity (Wildman–Crippen MR) is 144 cm³/mol. The fourth-order valence-corrected chi connectivity index (χ4v) is 4.76. The lowest BCUT2D eigenvalue weighted by Crippen LogP contribution is -2.62. The van der Waals surface area contributed by atoms with Gasteiger partial charge < -0.3 is 43.4 Å². The average molecular weight is 587 g/mol. The van der Waals surface area contributed by atoms with Gasteiger partial charge in [0.25, 0.3) is 0 Å². The molecular weight excluding hydrogens is 556 g/mol. The second kappa shape index (κ2) is 12.4. The van der Waals surface area contributed by atoms with Crippen molar-refractivity contribution in [3.05, 3.63) is 46.6 Å². The van der Waals surface area contributed by atoms with E-state index < -0.39 is 65.5 Å². The lowest BCUT2D eigenvalue weighted by Gasteiger charge is -2.44. The molecule has 0 amide bonds. The minimum atomic E-state index is -1.60. The van der Waals surface area contributed by atoms with E-state index in [0.717, 1.165) is 32.9 Å². The Morgan fingerprint density at radius 1 is 0.833 bits per heavy atom. The van der Waals surface area contributed by atoms with Gasteiger partial charge in [-0.15, -0.1) is 0 Å². The van der Waals surface area contributed by atoms with E-state index >= 15 is 0 Å². The lowest BCUT2D eigenvalue weighted by molar-refractivity contribution is -0.284. The van der Waals surface area contributed by atoms with Crippen LogP contribution in [0.15, 0.2) is 45.6 Å². The largest absolute Gasteiger partial charge is 0.508 e. The molecule has 1 saturated heterocycles. The molecule has 1 fully saturated rings. The molecule has 0 spiro atoms. The van der Waals surface area contributed by atoms with Crippen molar-refractivity contribution in [3.63, 3.8) is 0 Å². The Bertz CT molecular complexity index is 1540. The summed E-state index contributed by atoms with van der Waals surface area (Å²) in [6.07, 6.45) is -5.80. The number of rotatable bonds is 8. The third-order valence-corrected chi connectivity index (χ3v) is 6.35. The first-order valence-electron chi connectivity index (χ1n) is 13.1. The first-order valence-corrected chi connectivity index (χ1v) is 13.1. The van der Waals surface area contributed by atoms with Crippen molar-refractivity contribution in [3.8, 4) is 34.3 Å². The molecule has 0 saturated carbocycles. The van der Waals surface area contributed by atoms with E-state index in [1.165, 1.54) is 24.3 Å². The molecule has 2 heterocycles. The number of benzene rings is 2. The molecule has 2 aromatic carbocycles. The molecule has 224 valence electrons. The molecule has 3 aromatic rings. The molecule has 1 unspecified atom stereocenters. The number of carbonyl (C=O) groups excluding carboxylic acids is 3. The molecule has 0 radical (unpaired) electrons. The van der Waals surface area contributed by atoms with Gasteiger partial charge in [-0.1, -0.05) is 13.3 Å². The van der Waals surface area contributed by atoms with Gasteiger partial charge >= 0.3 is 17.9 Å². The number of phenols is 3. The van der Waals surface area contributed by atoms with Gasteiger partial charge in [-0.3, -0.25) is 19.2 Å². The smallest absolute Gasteiger partial charge is 0.303 e. The number of phenolic OH excluding ortho intramolecular Hbond substituents is 3. The van der Waals surface area contributed by atoms with E-state index in [-0.39, 0.29) is 33.8 Å². The minimum absolute atomic E-state index is 0.0756. The van der Waals surface area contributed by atoms with Crippen LogP contribution in [0.2, 0.25) is 0 Å². The van der Waals surface area contributed by atoms with Crippen molar-refractivity contribution in [2.45, 2.75) is 71.2 Å². The molecule has 1 aromatic heterocycles. The molecule has 5 atom stereocenters. The molecule has 13 heteroatoms. The maximum Gasteiger partial charge on any atom is 0.303 e. The van der Waals surface area contributed by atoms with E-state index in [4.69, 9.17) is 28.1 Å². The van der Waals surface area contributed by atoms with Crippen LogP contribution in [-0.2, 0) is 33.3 Å². The molecule has 42 heavy (non-hydrogen) atoms. The van der Waals surface area contributed by atoms with E-state index in [2.05, 4.69) is 0 Å². The van der Waals surface area contributed by atoms with E-state index in [9.17, 15) is 34.5 Å². The number of ether oxygens (including phenoxy) is 5. The number of esters is 3. The second-order valence-electron chi connectivity index (χ2n) is 9.65. The normalized spacial score (nSPS) is 21.9. The zero-order valence-corrected chi connectivity index (χ0v) is 23.2. The van der Waals surface area contributed by atoms with Crippen LogP contribution in [0.3, 0.4) is 0 Å². The highest BCUT2D eigenvalue weighted by Gasteiger charge is 2.53. The monoisotopic (exact) mass is 586 g/mol. The second-order valence-corrected chi connectivity index (χ2v) is 9.65. The standard InChI is InChI=1S/C29H30O13/c1-5-6-20-25(37-13(2)30)27(38-14(3)31)28(39-15(4)32)29(41-20)42-26-23(36)22-19(35)11-18(34)12-21(22)40-24(26)16-7-9-17(33)10-8-16/h7-12,20,25,27-29,33-35H,5-6H2,1-4H3/t20-,25-,27+,28+,29?/m0/s1. The topological polar surface area (TPSA) is 188 Å². The molecule has 0 bridgehead atoms. The Kier molecular flexibility index (Phi) is 8.90. The Labute approximate surface area is 239 Å². The Balaban J connectivity index is 1.92. The summed E-state index contributed by atoms with van der Waals surface area (Å²) in [7, 11) is 0. The van der Waals surface area contributed by atoms with Gasteiger partial charge in [0.05, 0.1) is 0 Å². The van der Waals surface area contributed by atoms with Crippen LogP contribution < -0.4 is 10.2 Å². The van der Waals surface area contributed by atoms with Gasteiger partial charge in [0.2, 0.25) is 23.6 Å². The van der Waals surface area contributed by atoms with Gasteiger partial charge in [-0.05, 0) is 30.7 Å². The highest BCUT2D eigenvalue weighted by molar-refractivity contribution is 5.88. The summed E-state index contributed by atoms with van der Waals surface area (Å²) in [4.78, 5) is 50.1. The summed E-state index contributed by atoms with van der Waals surface area (Å²) in [6.45, 7) is 5.21. The molecular formula is C29H30O13. The minimum Gasteiger partial charge on any atom is -0.508 e. The summed E-state index contributed by atoms with van der Waals surface area (Å²) >= 11 is 0. The van der Waals surface area contributed by atoms with Crippen molar-refractivity contribution < 1.29 is 57.8 Å². The third kappa shape index (κ3) is 6.41. The number of fused-ring (bicyclic) bond motifs is 1. The van der Waals surface area contributed by atoms with Crippen molar-refractivity contribution in [1.82, 2.24) is 0 Å². The van der Waals surface area contributed by atoms with Crippen LogP contribution >= 0.6 is 0 Å². The van der Waals surface area contributed by atoms with E-state index in [1.807, 2.05) is 6.92 Å². The van der Waals surface area contributed by atoms with E-state index in [1.54, 1.807) is 0 Å². The summed E-state index contributed by atoms with van der Waals surface area (Å²) in [5.74, 6) is -4.01. The van der Waals surface area contributed by atoms with Gasteiger partial charge in [-0.2, -0.15) is 0 Å². The fourth-order valence-electron chi connectivity index (χ4n) is 4.76. The summed E-state index contributed by atoms with van der Waals surface area (Å²) in [6, 6.07) is 7.59. The average Bonchev–Trinajstić information content (AvgIpc) is 2.89. The number of aromatic hydroxyl groups is 3. The van der Waals surface area contributed by atoms with Crippen molar-refractivity contribution in [2.24, 2.45) is 0 Å². The molecule has 1 aliphatic heterocycles. The summed E-state index contributed by atoms with van der Waals surface area (Å²) < 4.78 is 34.5. The zero-order valence-electron chi connectivity index (χ0n) is 23.2. The van der Waals surface area contributed by atoms with Crippen molar-refractivity contribution in [2.75, 3.05) is 0 Å². The number of hydrogen-bond donors (Lipinski definition) is 3. The third-order valence-electron chi connectivity index (χ3n) is 6.35. The van der Waals surface area contributed by atoms with Gasteiger partial charge in [-0.25, -0.2) is 0 Å². The first kappa shape index (κ1) is 30.2. The zero-order chi connectivity index (χ0) is 30.7. The molecule has 3 N–H and O–H groups in total. The van der Waals surface area contributed by atoms with Crippen LogP contribution in [0.4, 0.5) is 0 Å². The van der Waals surface area contributed by atoms with Crippen LogP contribution in [0.5, 0.6) is 23.0 Å². The molecule has 1 aliphatic rings. The fraction of sp³-hybridized carbons (Fsp3) is 0.379. The Morgan fingerprint density at radius 3 is 2.02 bits per heavy atom.